The number of aromatic amines is 1. The third-order valence-corrected chi connectivity index (χ3v) is 7.08. The van der Waals surface area contributed by atoms with Gasteiger partial charge in [0.25, 0.3) is 11.8 Å². The molecule has 41 heavy (non-hydrogen) atoms. The lowest BCUT2D eigenvalue weighted by Gasteiger charge is -2.18. The summed E-state index contributed by atoms with van der Waals surface area (Å²) in [5, 5.41) is 9.36. The molecule has 0 bridgehead atoms. The number of hydrogen-bond donors (Lipinski definition) is 2. The number of aromatic nitrogens is 2. The smallest absolute Gasteiger partial charge is 0.270 e. The van der Waals surface area contributed by atoms with Crippen molar-refractivity contribution in [3.8, 4) is 22.3 Å². The maximum atomic E-state index is 13.8. The van der Waals surface area contributed by atoms with E-state index in [-0.39, 0.29) is 11.3 Å². The molecular weight excluding hydrogens is 524 g/mol. The van der Waals surface area contributed by atoms with Gasteiger partial charge in [-0.3, -0.25) is 14.6 Å². The lowest BCUT2D eigenvalue weighted by atomic mass is 9.97. The molecule has 0 saturated heterocycles. The van der Waals surface area contributed by atoms with Gasteiger partial charge in [-0.25, -0.2) is 8.78 Å². The highest BCUT2D eigenvalue weighted by Gasteiger charge is 2.40. The highest BCUT2D eigenvalue weighted by atomic mass is 19.3. The van der Waals surface area contributed by atoms with Gasteiger partial charge in [0.2, 0.25) is 5.91 Å². The molecule has 5 aromatic rings. The molecule has 2 aromatic heterocycles. The molecule has 1 aliphatic rings. The molecule has 204 valence electrons. The van der Waals surface area contributed by atoms with Crippen LogP contribution in [0.5, 0.6) is 0 Å². The number of anilines is 2. The first-order valence-electron chi connectivity index (χ1n) is 13.0. The standard InChI is InChI=1S/C32H25F2N5O2/c1-19-29(30(40)37-26-7-3-6-25(17-26)32(2,33)34)31(41)39(38-19)27-14-23(13-24(15-27)22-5-4-11-35-18-22)21-9-8-20-10-12-36-28(20)16-21/h3-18,29,36H,1-2H3,(H,37,40). The Balaban J connectivity index is 1.35. The van der Waals surface area contributed by atoms with E-state index >= 15 is 0 Å². The van der Waals surface area contributed by atoms with Gasteiger partial charge in [-0.15, -0.1) is 0 Å². The number of H-pyrrole nitrogens is 1. The van der Waals surface area contributed by atoms with Gasteiger partial charge in [0, 0.05) is 47.8 Å². The summed E-state index contributed by atoms with van der Waals surface area (Å²) < 4.78 is 27.6. The molecule has 0 radical (unpaired) electrons. The second-order valence-corrected chi connectivity index (χ2v) is 10.1. The number of pyridine rings is 1. The molecule has 7 nitrogen and oxygen atoms in total. The molecule has 1 atom stereocenters. The van der Waals surface area contributed by atoms with E-state index in [9.17, 15) is 18.4 Å². The van der Waals surface area contributed by atoms with Crippen molar-refractivity contribution in [3.63, 3.8) is 0 Å². The predicted octanol–water partition coefficient (Wildman–Crippen LogP) is 6.99. The number of hydrazone groups is 1. The normalized spacial score (nSPS) is 15.3. The van der Waals surface area contributed by atoms with Crippen molar-refractivity contribution in [2.75, 3.05) is 10.3 Å². The number of rotatable bonds is 6. The van der Waals surface area contributed by atoms with Gasteiger partial charge in [-0.05, 0) is 77.5 Å². The highest BCUT2D eigenvalue weighted by Crippen LogP contribution is 2.35. The minimum atomic E-state index is -3.07. The SMILES string of the molecule is CC1=NN(c2cc(-c3cccnc3)cc(-c3ccc4cc[nH]c4c3)c2)C(=O)C1C(=O)Nc1cccc(C(C)(F)F)c1. The number of carbonyl (C=O) groups is 2. The number of carbonyl (C=O) groups excluding carboxylic acids is 2. The molecule has 1 aliphatic heterocycles. The van der Waals surface area contributed by atoms with Gasteiger partial charge in [0.05, 0.1) is 11.4 Å². The van der Waals surface area contributed by atoms with Crippen LogP contribution in [0.15, 0.2) is 103 Å². The Morgan fingerprint density at radius 2 is 1.76 bits per heavy atom. The molecule has 3 heterocycles. The van der Waals surface area contributed by atoms with E-state index in [4.69, 9.17) is 0 Å². The summed E-state index contributed by atoms with van der Waals surface area (Å²) in [4.78, 5) is 34.3. The average molecular weight is 550 g/mol. The van der Waals surface area contributed by atoms with Crippen LogP contribution in [0, 0.1) is 5.92 Å². The Kier molecular flexibility index (Phi) is 6.42. The molecule has 6 rings (SSSR count). The zero-order chi connectivity index (χ0) is 28.7. The monoisotopic (exact) mass is 549 g/mol. The topological polar surface area (TPSA) is 90.5 Å². The number of hydrogen-bond acceptors (Lipinski definition) is 4. The van der Waals surface area contributed by atoms with Crippen molar-refractivity contribution >= 4 is 39.8 Å². The lowest BCUT2D eigenvalue weighted by Crippen LogP contribution is -2.36. The number of fused-ring (bicyclic) bond motifs is 1. The Bertz CT molecular complexity index is 1830. The first-order chi connectivity index (χ1) is 19.7. The van der Waals surface area contributed by atoms with E-state index in [1.54, 1.807) is 19.3 Å². The third-order valence-electron chi connectivity index (χ3n) is 7.08. The zero-order valence-corrected chi connectivity index (χ0v) is 22.2. The molecule has 1 unspecified atom stereocenters. The zero-order valence-electron chi connectivity index (χ0n) is 22.2. The van der Waals surface area contributed by atoms with Crippen molar-refractivity contribution in [2.24, 2.45) is 11.0 Å². The van der Waals surface area contributed by atoms with Crippen molar-refractivity contribution in [3.05, 3.63) is 103 Å². The summed E-state index contributed by atoms with van der Waals surface area (Å²) in [6.45, 7) is 2.39. The summed E-state index contributed by atoms with van der Waals surface area (Å²) in [5.41, 5.74) is 5.15. The van der Waals surface area contributed by atoms with Crippen LogP contribution in [-0.4, -0.2) is 27.5 Å². The Morgan fingerprint density at radius 3 is 2.51 bits per heavy atom. The Morgan fingerprint density at radius 1 is 0.951 bits per heavy atom. The minimum Gasteiger partial charge on any atom is -0.361 e. The van der Waals surface area contributed by atoms with Gasteiger partial charge < -0.3 is 10.3 Å². The van der Waals surface area contributed by atoms with Crippen LogP contribution in [0.25, 0.3) is 33.2 Å². The number of nitrogens with one attached hydrogen (secondary N) is 2. The number of halogens is 2. The number of amides is 2. The van der Waals surface area contributed by atoms with E-state index in [0.717, 1.165) is 40.1 Å². The Labute approximate surface area is 234 Å². The molecule has 0 saturated carbocycles. The van der Waals surface area contributed by atoms with E-state index in [0.29, 0.717) is 11.4 Å². The van der Waals surface area contributed by atoms with Crippen molar-refractivity contribution in [1.29, 1.82) is 0 Å². The molecule has 9 heteroatoms. The van der Waals surface area contributed by atoms with Crippen LogP contribution in [0.2, 0.25) is 0 Å². The molecule has 2 amide bonds. The van der Waals surface area contributed by atoms with Crippen LogP contribution in [-0.2, 0) is 15.5 Å². The van der Waals surface area contributed by atoms with Crippen LogP contribution < -0.4 is 10.3 Å². The molecule has 3 aromatic carbocycles. The highest BCUT2D eigenvalue weighted by molar-refractivity contribution is 6.28. The largest absolute Gasteiger partial charge is 0.361 e. The van der Waals surface area contributed by atoms with E-state index in [2.05, 4.69) is 20.4 Å². The fourth-order valence-corrected chi connectivity index (χ4v) is 4.96. The fourth-order valence-electron chi connectivity index (χ4n) is 4.96. The molecule has 0 fully saturated rings. The number of benzene rings is 3. The lowest BCUT2D eigenvalue weighted by molar-refractivity contribution is -0.127. The first-order valence-corrected chi connectivity index (χ1v) is 13.0. The fraction of sp³-hybridized carbons (Fsp3) is 0.125. The third kappa shape index (κ3) is 5.09. The average Bonchev–Trinajstić information content (AvgIpc) is 3.56. The second-order valence-electron chi connectivity index (χ2n) is 10.1. The van der Waals surface area contributed by atoms with E-state index in [1.807, 2.05) is 60.8 Å². The van der Waals surface area contributed by atoms with Crippen LogP contribution in [0.1, 0.15) is 19.4 Å². The number of nitrogens with zero attached hydrogens (tertiary/aromatic N) is 3. The number of alkyl halides is 2. The summed E-state index contributed by atoms with van der Waals surface area (Å²) >= 11 is 0. The van der Waals surface area contributed by atoms with Gasteiger partial charge in [-0.2, -0.15) is 10.1 Å². The summed E-state index contributed by atoms with van der Waals surface area (Å²) in [6.07, 6.45) is 5.30. The minimum absolute atomic E-state index is 0.175. The van der Waals surface area contributed by atoms with E-state index in [1.165, 1.54) is 29.3 Å². The Hall–Kier alpha value is -5.18. The van der Waals surface area contributed by atoms with Crippen LogP contribution in [0.4, 0.5) is 20.2 Å². The molecular formula is C32H25F2N5O2. The van der Waals surface area contributed by atoms with E-state index < -0.39 is 23.7 Å². The predicted molar refractivity (Wildman–Crippen MR) is 156 cm³/mol. The molecule has 0 aliphatic carbocycles. The van der Waals surface area contributed by atoms with Crippen molar-refractivity contribution in [1.82, 2.24) is 9.97 Å². The van der Waals surface area contributed by atoms with Crippen molar-refractivity contribution in [2.45, 2.75) is 19.8 Å². The second kappa shape index (κ2) is 10.1. The molecule has 2 N–H and O–H groups in total. The maximum Gasteiger partial charge on any atom is 0.270 e. The van der Waals surface area contributed by atoms with Gasteiger partial charge in [0.1, 0.15) is 0 Å². The summed E-state index contributed by atoms with van der Waals surface area (Å²) in [6, 6.07) is 22.9. The van der Waals surface area contributed by atoms with Gasteiger partial charge >= 0.3 is 0 Å². The van der Waals surface area contributed by atoms with Crippen molar-refractivity contribution < 1.29 is 18.4 Å². The van der Waals surface area contributed by atoms with Gasteiger partial charge in [0.15, 0.2) is 5.92 Å². The van der Waals surface area contributed by atoms with Crippen LogP contribution >= 0.6 is 0 Å². The summed E-state index contributed by atoms with van der Waals surface area (Å²) in [7, 11) is 0. The summed E-state index contributed by atoms with van der Waals surface area (Å²) in [5.74, 6) is -5.45. The quantitative estimate of drug-likeness (QED) is 0.224. The first kappa shape index (κ1) is 26.1. The van der Waals surface area contributed by atoms with Gasteiger partial charge in [-0.1, -0.05) is 30.3 Å². The van der Waals surface area contributed by atoms with Crippen LogP contribution in [0.3, 0.4) is 0 Å². The molecule has 0 spiro atoms. The maximum absolute atomic E-state index is 13.8.